The molecule has 0 spiro atoms. The Kier molecular flexibility index (Phi) is 5.72. The lowest BCUT2D eigenvalue weighted by molar-refractivity contribution is 0.177. The summed E-state index contributed by atoms with van der Waals surface area (Å²) in [5, 5.41) is 3.88. The molecule has 0 unspecified atom stereocenters. The maximum absolute atomic E-state index is 12.9. The van der Waals surface area contributed by atoms with E-state index in [1.165, 1.54) is 27.4 Å². The Morgan fingerprint density at radius 1 is 0.970 bits per heavy atom. The molecule has 170 valence electrons. The molecule has 2 aromatic carbocycles. The first-order valence-corrected chi connectivity index (χ1v) is 12.1. The molecule has 0 aliphatic carbocycles. The first-order chi connectivity index (χ1) is 16.0. The fourth-order valence-electron chi connectivity index (χ4n) is 4.70. The number of thiophene rings is 1. The highest BCUT2D eigenvalue weighted by molar-refractivity contribution is 7.16. The van der Waals surface area contributed by atoms with Crippen LogP contribution in [0.15, 0.2) is 60.7 Å². The highest BCUT2D eigenvalue weighted by Crippen LogP contribution is 2.42. The van der Waals surface area contributed by atoms with Gasteiger partial charge in [0.1, 0.15) is 0 Å². The second kappa shape index (κ2) is 8.83. The van der Waals surface area contributed by atoms with E-state index in [-0.39, 0.29) is 6.03 Å². The lowest BCUT2D eigenvalue weighted by atomic mass is 9.99. The minimum atomic E-state index is -0.0428. The van der Waals surface area contributed by atoms with E-state index in [0.29, 0.717) is 13.1 Å². The molecule has 3 N–H and O–H groups in total. The number of fused-ring (bicyclic) bond motifs is 1. The fourth-order valence-corrected chi connectivity index (χ4v) is 5.69. The summed E-state index contributed by atoms with van der Waals surface area (Å²) >= 11 is 1.67. The SMILES string of the molecule is Cc1cccc(NC(=O)N2CCN(C3=C(c4ccccc4)N(C)Cc4sc(N)cc43)CC2)c1. The maximum Gasteiger partial charge on any atom is 0.321 e. The number of nitrogens with one attached hydrogen (secondary N) is 1. The first kappa shape index (κ1) is 21.4. The average molecular weight is 460 g/mol. The molecule has 3 heterocycles. The van der Waals surface area contributed by atoms with Crippen molar-refractivity contribution in [3.05, 3.63) is 82.2 Å². The Hall–Kier alpha value is -3.45. The molecule has 0 radical (unpaired) electrons. The molecule has 0 atom stereocenters. The van der Waals surface area contributed by atoms with Crippen molar-refractivity contribution in [3.63, 3.8) is 0 Å². The van der Waals surface area contributed by atoms with Gasteiger partial charge in [0.05, 0.1) is 22.9 Å². The number of nitrogens with two attached hydrogens (primary N) is 1. The number of rotatable bonds is 3. The van der Waals surface area contributed by atoms with E-state index in [1.54, 1.807) is 11.3 Å². The summed E-state index contributed by atoms with van der Waals surface area (Å²) in [7, 11) is 2.15. The topological polar surface area (TPSA) is 64.8 Å². The molecule has 2 aliphatic heterocycles. The number of anilines is 2. The van der Waals surface area contributed by atoms with Crippen molar-refractivity contribution in [2.24, 2.45) is 0 Å². The van der Waals surface area contributed by atoms with Crippen molar-refractivity contribution in [3.8, 4) is 0 Å². The minimum absolute atomic E-state index is 0.0428. The predicted molar refractivity (Wildman–Crippen MR) is 137 cm³/mol. The van der Waals surface area contributed by atoms with Gasteiger partial charge in [0, 0.05) is 49.4 Å². The minimum Gasteiger partial charge on any atom is -0.391 e. The van der Waals surface area contributed by atoms with Gasteiger partial charge in [0.2, 0.25) is 0 Å². The van der Waals surface area contributed by atoms with Crippen LogP contribution in [0.5, 0.6) is 0 Å². The lowest BCUT2D eigenvalue weighted by Gasteiger charge is -2.41. The van der Waals surface area contributed by atoms with Crippen LogP contribution in [0.2, 0.25) is 0 Å². The van der Waals surface area contributed by atoms with Crippen LogP contribution in [0.4, 0.5) is 15.5 Å². The highest BCUT2D eigenvalue weighted by Gasteiger charge is 2.32. The number of hydrogen-bond donors (Lipinski definition) is 2. The molecule has 33 heavy (non-hydrogen) atoms. The number of amides is 2. The lowest BCUT2D eigenvalue weighted by Crippen LogP contribution is -2.50. The molecule has 5 rings (SSSR count). The summed E-state index contributed by atoms with van der Waals surface area (Å²) in [6.07, 6.45) is 0. The van der Waals surface area contributed by atoms with E-state index in [0.717, 1.165) is 35.9 Å². The number of urea groups is 1. The number of nitrogen functional groups attached to an aromatic ring is 1. The molecule has 1 saturated heterocycles. The van der Waals surface area contributed by atoms with Gasteiger partial charge < -0.3 is 25.8 Å². The smallest absolute Gasteiger partial charge is 0.321 e. The van der Waals surface area contributed by atoms with E-state index < -0.39 is 0 Å². The number of carbonyl (C=O) groups excluding carboxylic acids is 1. The second-order valence-corrected chi connectivity index (χ2v) is 9.85. The average Bonchev–Trinajstić information content (AvgIpc) is 3.18. The summed E-state index contributed by atoms with van der Waals surface area (Å²) in [5.41, 5.74) is 13.1. The van der Waals surface area contributed by atoms with Gasteiger partial charge in [0.15, 0.2) is 0 Å². The van der Waals surface area contributed by atoms with E-state index >= 15 is 0 Å². The number of carbonyl (C=O) groups is 1. The highest BCUT2D eigenvalue weighted by atomic mass is 32.1. The number of nitrogens with zero attached hydrogens (tertiary/aromatic N) is 3. The summed E-state index contributed by atoms with van der Waals surface area (Å²) in [5.74, 6) is 0. The molecule has 2 aliphatic rings. The molecular formula is C26H29N5OS. The zero-order valence-corrected chi connectivity index (χ0v) is 19.9. The van der Waals surface area contributed by atoms with Crippen molar-refractivity contribution in [1.29, 1.82) is 0 Å². The number of piperazine rings is 1. The molecule has 1 aromatic heterocycles. The van der Waals surface area contributed by atoms with Crippen molar-refractivity contribution in [1.82, 2.24) is 14.7 Å². The van der Waals surface area contributed by atoms with Gasteiger partial charge in [-0.1, -0.05) is 42.5 Å². The Balaban J connectivity index is 1.40. The molecule has 6 nitrogen and oxygen atoms in total. The molecular weight excluding hydrogens is 430 g/mol. The van der Waals surface area contributed by atoms with Crippen molar-refractivity contribution in [2.45, 2.75) is 13.5 Å². The number of aryl methyl sites for hydroxylation is 1. The largest absolute Gasteiger partial charge is 0.391 e. The number of hydrogen-bond acceptors (Lipinski definition) is 5. The standard InChI is InChI=1S/C26H29N5OS/c1-18-7-6-10-20(15-18)28-26(32)31-13-11-30(12-14-31)25-21-16-23(27)33-22(21)17-29(2)24(25)19-8-4-3-5-9-19/h3-10,15-16H,11-14,17,27H2,1-2H3,(H,28,32). The van der Waals surface area contributed by atoms with Crippen LogP contribution >= 0.6 is 11.3 Å². The summed E-state index contributed by atoms with van der Waals surface area (Å²) in [6.45, 7) is 5.76. The van der Waals surface area contributed by atoms with Crippen LogP contribution in [0.3, 0.4) is 0 Å². The third kappa shape index (κ3) is 4.28. The Labute approximate surface area is 198 Å². The Morgan fingerprint density at radius 2 is 1.73 bits per heavy atom. The van der Waals surface area contributed by atoms with E-state index in [1.807, 2.05) is 42.2 Å². The third-order valence-electron chi connectivity index (χ3n) is 6.27. The van der Waals surface area contributed by atoms with E-state index in [4.69, 9.17) is 5.73 Å². The Morgan fingerprint density at radius 3 is 2.45 bits per heavy atom. The quantitative estimate of drug-likeness (QED) is 0.593. The zero-order valence-electron chi connectivity index (χ0n) is 19.0. The van der Waals surface area contributed by atoms with Crippen LogP contribution in [-0.4, -0.2) is 54.0 Å². The fraction of sp³-hybridized carbons (Fsp3) is 0.269. The number of benzene rings is 2. The monoisotopic (exact) mass is 459 g/mol. The maximum atomic E-state index is 12.9. The summed E-state index contributed by atoms with van der Waals surface area (Å²) in [6, 6.07) is 20.5. The van der Waals surface area contributed by atoms with Gasteiger partial charge in [-0.15, -0.1) is 11.3 Å². The molecule has 1 fully saturated rings. The Bertz CT molecular complexity index is 1190. The van der Waals surface area contributed by atoms with Gasteiger partial charge in [0.25, 0.3) is 0 Å². The van der Waals surface area contributed by atoms with Crippen LogP contribution in [0.1, 0.15) is 21.6 Å². The molecule has 0 bridgehead atoms. The summed E-state index contributed by atoms with van der Waals surface area (Å²) in [4.78, 5) is 20.8. The molecule has 3 aromatic rings. The zero-order chi connectivity index (χ0) is 22.9. The van der Waals surface area contributed by atoms with Gasteiger partial charge >= 0.3 is 6.03 Å². The van der Waals surface area contributed by atoms with Gasteiger partial charge in [-0.25, -0.2) is 4.79 Å². The first-order valence-electron chi connectivity index (χ1n) is 11.3. The predicted octanol–water partition coefficient (Wildman–Crippen LogP) is 4.76. The van der Waals surface area contributed by atoms with Crippen molar-refractivity contribution < 1.29 is 4.79 Å². The van der Waals surface area contributed by atoms with Gasteiger partial charge in [-0.2, -0.15) is 0 Å². The third-order valence-corrected chi connectivity index (χ3v) is 7.22. The summed E-state index contributed by atoms with van der Waals surface area (Å²) < 4.78 is 0. The van der Waals surface area contributed by atoms with Crippen LogP contribution in [0, 0.1) is 6.92 Å². The van der Waals surface area contributed by atoms with Crippen molar-refractivity contribution in [2.75, 3.05) is 44.3 Å². The molecule has 2 amide bonds. The molecule has 0 saturated carbocycles. The van der Waals surface area contributed by atoms with Crippen LogP contribution in [-0.2, 0) is 6.54 Å². The van der Waals surface area contributed by atoms with Crippen molar-refractivity contribution >= 4 is 39.5 Å². The second-order valence-electron chi connectivity index (χ2n) is 8.68. The van der Waals surface area contributed by atoms with Crippen LogP contribution in [0.25, 0.3) is 11.4 Å². The van der Waals surface area contributed by atoms with E-state index in [9.17, 15) is 4.79 Å². The van der Waals surface area contributed by atoms with E-state index in [2.05, 4.69) is 52.5 Å². The van der Waals surface area contributed by atoms with Gasteiger partial charge in [-0.3, -0.25) is 0 Å². The van der Waals surface area contributed by atoms with Crippen LogP contribution < -0.4 is 11.1 Å². The van der Waals surface area contributed by atoms with Gasteiger partial charge in [-0.05, 0) is 36.2 Å². The normalized spacial score (nSPS) is 16.1. The molecule has 7 heteroatoms.